The molecule has 3 N–H and O–H groups in total. The second-order valence-corrected chi connectivity index (χ2v) is 5.75. The van der Waals surface area contributed by atoms with Crippen LogP contribution in [0.2, 0.25) is 0 Å². The van der Waals surface area contributed by atoms with E-state index in [4.69, 9.17) is 5.73 Å². The molecule has 0 bridgehead atoms. The third-order valence-corrected chi connectivity index (χ3v) is 4.05. The number of halogens is 1. The molecule has 0 heterocycles. The minimum absolute atomic E-state index is 0. The summed E-state index contributed by atoms with van der Waals surface area (Å²) in [6, 6.07) is 7.53. The zero-order valence-corrected chi connectivity index (χ0v) is 12.9. The van der Waals surface area contributed by atoms with Gasteiger partial charge in [-0.2, -0.15) is 0 Å². The second-order valence-electron chi connectivity index (χ2n) is 5.75. The number of nitrogens with two attached hydrogens (primary N) is 1. The molecular weight excluding hydrogens is 272 g/mol. The molecule has 1 saturated carbocycles. The minimum atomic E-state index is 0. The Morgan fingerprint density at radius 3 is 2.60 bits per heavy atom. The van der Waals surface area contributed by atoms with Gasteiger partial charge in [0.05, 0.1) is 0 Å². The molecule has 0 saturated heterocycles. The van der Waals surface area contributed by atoms with Gasteiger partial charge in [-0.15, -0.1) is 12.4 Å². The topological polar surface area (TPSA) is 55.1 Å². The molecular formula is C16H25ClN2O. The van der Waals surface area contributed by atoms with Gasteiger partial charge in [0.2, 0.25) is 0 Å². The van der Waals surface area contributed by atoms with Crippen molar-refractivity contribution in [2.45, 2.75) is 39.2 Å². The van der Waals surface area contributed by atoms with E-state index in [9.17, 15) is 4.79 Å². The Hall–Kier alpha value is -1.06. The number of hydrogen-bond donors (Lipinski definition) is 2. The maximum Gasteiger partial charge on any atom is 0.251 e. The average Bonchev–Trinajstić information content (AvgIpc) is 2.45. The Morgan fingerprint density at radius 2 is 2.00 bits per heavy atom. The number of nitrogens with one attached hydrogen (secondary N) is 1. The van der Waals surface area contributed by atoms with Crippen LogP contribution in [0.25, 0.3) is 0 Å². The third-order valence-electron chi connectivity index (χ3n) is 4.05. The van der Waals surface area contributed by atoms with Crippen LogP contribution in [-0.4, -0.2) is 12.5 Å². The van der Waals surface area contributed by atoms with Gasteiger partial charge >= 0.3 is 0 Å². The monoisotopic (exact) mass is 296 g/mol. The first kappa shape index (κ1) is 17.0. The molecule has 1 amide bonds. The van der Waals surface area contributed by atoms with E-state index in [0.29, 0.717) is 12.5 Å². The standard InChI is InChI=1S/C16H24N2O.ClH/c1-12-3-2-4-14(9-12)11-18-16(19)15-7-5-13(10-17)6-8-15;/h5-8,12,14H,2-4,9-11,17H2,1H3,(H,18,19);1H. The van der Waals surface area contributed by atoms with Crippen LogP contribution < -0.4 is 11.1 Å². The highest BCUT2D eigenvalue weighted by atomic mass is 35.5. The van der Waals surface area contributed by atoms with Gasteiger partial charge in [0.15, 0.2) is 0 Å². The fraction of sp³-hybridized carbons (Fsp3) is 0.562. The van der Waals surface area contributed by atoms with E-state index in [1.54, 1.807) is 0 Å². The predicted octanol–water partition coefficient (Wildman–Crippen LogP) is 3.12. The van der Waals surface area contributed by atoms with Crippen LogP contribution in [-0.2, 0) is 6.54 Å². The Balaban J connectivity index is 0.00000200. The molecule has 4 heteroatoms. The lowest BCUT2D eigenvalue weighted by molar-refractivity contribution is 0.0940. The lowest BCUT2D eigenvalue weighted by atomic mass is 9.82. The van der Waals surface area contributed by atoms with Gasteiger partial charge in [-0.05, 0) is 42.4 Å². The number of hydrogen-bond acceptors (Lipinski definition) is 2. The number of carbonyl (C=O) groups excluding carboxylic acids is 1. The summed E-state index contributed by atoms with van der Waals surface area (Å²) in [4.78, 5) is 12.0. The molecule has 2 unspecified atom stereocenters. The minimum Gasteiger partial charge on any atom is -0.352 e. The van der Waals surface area contributed by atoms with Gasteiger partial charge in [0.1, 0.15) is 0 Å². The first-order valence-electron chi connectivity index (χ1n) is 7.26. The molecule has 3 nitrogen and oxygen atoms in total. The van der Waals surface area contributed by atoms with Crippen molar-refractivity contribution in [2.75, 3.05) is 6.54 Å². The van der Waals surface area contributed by atoms with Crippen molar-refractivity contribution in [2.24, 2.45) is 17.6 Å². The maximum atomic E-state index is 12.0. The molecule has 0 aromatic heterocycles. The van der Waals surface area contributed by atoms with Crippen molar-refractivity contribution in [3.63, 3.8) is 0 Å². The van der Waals surface area contributed by atoms with Gasteiger partial charge in [-0.3, -0.25) is 4.79 Å². The van der Waals surface area contributed by atoms with E-state index in [-0.39, 0.29) is 18.3 Å². The van der Waals surface area contributed by atoms with Gasteiger partial charge < -0.3 is 11.1 Å². The van der Waals surface area contributed by atoms with Gasteiger partial charge in [-0.1, -0.05) is 31.9 Å². The summed E-state index contributed by atoms with van der Waals surface area (Å²) in [5.74, 6) is 1.48. The first-order valence-corrected chi connectivity index (χ1v) is 7.26. The van der Waals surface area contributed by atoms with Crippen LogP contribution in [0.5, 0.6) is 0 Å². The fourth-order valence-electron chi connectivity index (χ4n) is 2.88. The number of benzene rings is 1. The molecule has 2 atom stereocenters. The van der Waals surface area contributed by atoms with Gasteiger partial charge in [0.25, 0.3) is 5.91 Å². The van der Waals surface area contributed by atoms with Crippen LogP contribution in [0, 0.1) is 11.8 Å². The van der Waals surface area contributed by atoms with Gasteiger partial charge in [0, 0.05) is 18.7 Å². The van der Waals surface area contributed by atoms with Crippen molar-refractivity contribution in [3.8, 4) is 0 Å². The van der Waals surface area contributed by atoms with E-state index in [0.717, 1.165) is 23.6 Å². The van der Waals surface area contributed by atoms with Crippen molar-refractivity contribution in [1.29, 1.82) is 0 Å². The number of rotatable bonds is 4. The summed E-state index contributed by atoms with van der Waals surface area (Å²) in [6.45, 7) is 3.63. The highest BCUT2D eigenvalue weighted by Crippen LogP contribution is 2.27. The predicted molar refractivity (Wildman–Crippen MR) is 85.0 cm³/mol. The normalized spacial score (nSPS) is 21.9. The summed E-state index contributed by atoms with van der Waals surface area (Å²) in [6.07, 6.45) is 5.13. The Morgan fingerprint density at radius 1 is 1.30 bits per heavy atom. The highest BCUT2D eigenvalue weighted by Gasteiger charge is 2.19. The van der Waals surface area contributed by atoms with Crippen molar-refractivity contribution in [3.05, 3.63) is 35.4 Å². The molecule has 0 radical (unpaired) electrons. The quantitative estimate of drug-likeness (QED) is 0.897. The molecule has 1 aliphatic rings. The average molecular weight is 297 g/mol. The number of amides is 1. The largest absolute Gasteiger partial charge is 0.352 e. The zero-order chi connectivity index (χ0) is 13.7. The van der Waals surface area contributed by atoms with E-state index in [2.05, 4.69) is 12.2 Å². The van der Waals surface area contributed by atoms with Crippen LogP contribution in [0.1, 0.15) is 48.5 Å². The molecule has 0 aliphatic heterocycles. The Bertz CT molecular complexity index is 419. The molecule has 112 valence electrons. The molecule has 1 fully saturated rings. The van der Waals surface area contributed by atoms with Crippen molar-refractivity contribution >= 4 is 18.3 Å². The van der Waals surface area contributed by atoms with Crippen LogP contribution >= 0.6 is 12.4 Å². The molecule has 1 aromatic carbocycles. The molecule has 1 aromatic rings. The first-order chi connectivity index (χ1) is 9.19. The smallest absolute Gasteiger partial charge is 0.251 e. The lowest BCUT2D eigenvalue weighted by Crippen LogP contribution is -2.31. The summed E-state index contributed by atoms with van der Waals surface area (Å²) < 4.78 is 0. The van der Waals surface area contributed by atoms with E-state index in [1.807, 2.05) is 24.3 Å². The molecule has 2 rings (SSSR count). The number of carbonyl (C=O) groups is 1. The maximum absolute atomic E-state index is 12.0. The highest BCUT2D eigenvalue weighted by molar-refractivity contribution is 5.94. The van der Waals surface area contributed by atoms with Crippen LogP contribution in [0.15, 0.2) is 24.3 Å². The molecule has 1 aliphatic carbocycles. The molecule has 20 heavy (non-hydrogen) atoms. The molecule has 0 spiro atoms. The van der Waals surface area contributed by atoms with E-state index in [1.165, 1.54) is 25.7 Å². The summed E-state index contributed by atoms with van der Waals surface area (Å²) in [7, 11) is 0. The summed E-state index contributed by atoms with van der Waals surface area (Å²) in [5, 5.41) is 3.06. The van der Waals surface area contributed by atoms with Crippen LogP contribution in [0.4, 0.5) is 0 Å². The SMILES string of the molecule is CC1CCCC(CNC(=O)c2ccc(CN)cc2)C1.Cl. The summed E-state index contributed by atoms with van der Waals surface area (Å²) >= 11 is 0. The van der Waals surface area contributed by atoms with Crippen LogP contribution in [0.3, 0.4) is 0 Å². The van der Waals surface area contributed by atoms with E-state index >= 15 is 0 Å². The third kappa shape index (κ3) is 4.80. The van der Waals surface area contributed by atoms with Crippen molar-refractivity contribution < 1.29 is 4.79 Å². The summed E-state index contributed by atoms with van der Waals surface area (Å²) in [5.41, 5.74) is 7.32. The Labute approximate surface area is 127 Å². The zero-order valence-electron chi connectivity index (χ0n) is 12.1. The van der Waals surface area contributed by atoms with E-state index < -0.39 is 0 Å². The fourth-order valence-corrected chi connectivity index (χ4v) is 2.88. The Kier molecular flexibility index (Phi) is 7.03. The second kappa shape index (κ2) is 8.28. The lowest BCUT2D eigenvalue weighted by Gasteiger charge is -2.26. The van der Waals surface area contributed by atoms with Crippen molar-refractivity contribution in [1.82, 2.24) is 5.32 Å². The van der Waals surface area contributed by atoms with Gasteiger partial charge in [-0.25, -0.2) is 0 Å².